The van der Waals surface area contributed by atoms with E-state index in [-0.39, 0.29) is 35.9 Å². The van der Waals surface area contributed by atoms with Crippen LogP contribution in [-0.2, 0) is 20.1 Å². The Hall–Kier alpha value is -3.64. The molecule has 4 aromatic rings. The summed E-state index contributed by atoms with van der Waals surface area (Å²) < 4.78 is 43.4. The number of fused-ring (bicyclic) bond motifs is 2. The van der Waals surface area contributed by atoms with Gasteiger partial charge < -0.3 is 9.67 Å². The van der Waals surface area contributed by atoms with Crippen molar-refractivity contribution >= 4 is 50.8 Å². The third-order valence-corrected chi connectivity index (χ3v) is 8.35. The Bertz CT molecular complexity index is 1740. The Labute approximate surface area is 245 Å². The molecule has 0 bridgehead atoms. The van der Waals surface area contributed by atoms with Gasteiger partial charge >= 0.3 is 11.9 Å². The number of imidazole rings is 2. The summed E-state index contributed by atoms with van der Waals surface area (Å²) in [7, 11) is 1.41. The van der Waals surface area contributed by atoms with E-state index < -0.39 is 24.0 Å². The molecule has 0 saturated carbocycles. The fourth-order valence-corrected chi connectivity index (χ4v) is 5.76. The van der Waals surface area contributed by atoms with Gasteiger partial charge in [0.25, 0.3) is 5.91 Å². The fourth-order valence-electron chi connectivity index (χ4n) is 4.81. The molecule has 0 aliphatic rings. The summed E-state index contributed by atoms with van der Waals surface area (Å²) >= 11 is 1.35. The molecule has 12 heteroatoms. The first-order valence-corrected chi connectivity index (χ1v) is 14.6. The molecule has 2 N–H and O–H groups in total. The number of thiophene rings is 1. The topological polar surface area (TPSA) is 94.1 Å². The summed E-state index contributed by atoms with van der Waals surface area (Å²) in [5, 5.41) is 13.3. The highest BCUT2D eigenvalue weighted by Gasteiger charge is 2.31. The number of allylic oxidation sites excluding steroid dienone is 4. The molecular formula is C30H36F3N5O3S. The number of halogens is 3. The maximum absolute atomic E-state index is 13.4. The second-order valence-electron chi connectivity index (χ2n) is 10.9. The molecule has 42 heavy (non-hydrogen) atoms. The lowest BCUT2D eigenvalue weighted by Crippen LogP contribution is -2.28. The van der Waals surface area contributed by atoms with Gasteiger partial charge in [0.1, 0.15) is 6.54 Å². The first-order valence-electron chi connectivity index (χ1n) is 13.8. The molecule has 0 spiro atoms. The number of hydrogen-bond acceptors (Lipinski definition) is 5. The second-order valence-corrected chi connectivity index (χ2v) is 12.0. The third-order valence-electron chi connectivity index (χ3n) is 7.22. The lowest BCUT2D eigenvalue weighted by molar-refractivity contribution is -0.140. The van der Waals surface area contributed by atoms with Gasteiger partial charge in [-0.25, -0.2) is 9.78 Å². The molecule has 8 nitrogen and oxygen atoms in total. The monoisotopic (exact) mass is 603 g/mol. The average Bonchev–Trinajstić information content (AvgIpc) is 3.58. The van der Waals surface area contributed by atoms with Crippen LogP contribution in [0.1, 0.15) is 68.4 Å². The Morgan fingerprint density at radius 3 is 2.33 bits per heavy atom. The summed E-state index contributed by atoms with van der Waals surface area (Å²) in [6.07, 6.45) is 1.72. The molecule has 0 atom stereocenters. The molecule has 0 aliphatic carbocycles. The number of rotatable bonds is 10. The Morgan fingerprint density at radius 2 is 1.74 bits per heavy atom. The predicted molar refractivity (Wildman–Crippen MR) is 162 cm³/mol. The molecule has 0 fully saturated rings. The SMILES string of the molecule is C/C=C(\C=C(CC)CC)c1ccc(C(=O)Nc2nc3cc4c(cc3n2CCC(C)(C)O)n(CC(F)(F)F)c(=O)n4C)s1. The number of anilines is 1. The minimum atomic E-state index is -4.59. The van der Waals surface area contributed by atoms with Crippen molar-refractivity contribution in [2.45, 2.75) is 78.7 Å². The van der Waals surface area contributed by atoms with Crippen molar-refractivity contribution in [1.29, 1.82) is 0 Å². The van der Waals surface area contributed by atoms with Crippen molar-refractivity contribution in [1.82, 2.24) is 18.7 Å². The molecule has 0 unspecified atom stereocenters. The second kappa shape index (κ2) is 11.9. The summed E-state index contributed by atoms with van der Waals surface area (Å²) in [6, 6.07) is 6.68. The Kier molecular flexibility index (Phi) is 8.89. The Balaban J connectivity index is 1.77. The third kappa shape index (κ3) is 6.70. The predicted octanol–water partition coefficient (Wildman–Crippen LogP) is 6.88. The molecule has 1 amide bonds. The van der Waals surface area contributed by atoms with Gasteiger partial charge in [-0.3, -0.25) is 19.2 Å². The van der Waals surface area contributed by atoms with Gasteiger partial charge in [-0.05, 0) is 69.9 Å². The highest BCUT2D eigenvalue weighted by atomic mass is 32.1. The Morgan fingerprint density at radius 1 is 1.07 bits per heavy atom. The van der Waals surface area contributed by atoms with Crippen LogP contribution in [0.4, 0.5) is 19.1 Å². The number of benzene rings is 1. The van der Waals surface area contributed by atoms with Crippen molar-refractivity contribution in [3.63, 3.8) is 0 Å². The zero-order valence-electron chi connectivity index (χ0n) is 24.6. The lowest BCUT2D eigenvalue weighted by Gasteiger charge is -2.18. The van der Waals surface area contributed by atoms with E-state index in [1.54, 1.807) is 30.5 Å². The molecule has 4 rings (SSSR count). The van der Waals surface area contributed by atoms with Crippen molar-refractivity contribution in [3.05, 3.63) is 62.2 Å². The van der Waals surface area contributed by atoms with Crippen LogP contribution in [0.3, 0.4) is 0 Å². The lowest BCUT2D eigenvalue weighted by atomic mass is 10.1. The quantitative estimate of drug-likeness (QED) is 0.193. The number of carbonyl (C=O) groups excluding carboxylic acids is 1. The summed E-state index contributed by atoms with van der Waals surface area (Å²) in [4.78, 5) is 32.0. The van der Waals surface area contributed by atoms with Gasteiger partial charge in [-0.15, -0.1) is 11.3 Å². The maximum atomic E-state index is 13.4. The van der Waals surface area contributed by atoms with Crippen LogP contribution in [0.2, 0.25) is 0 Å². The van der Waals surface area contributed by atoms with Crippen LogP contribution >= 0.6 is 11.3 Å². The number of aryl methyl sites for hydroxylation is 2. The van der Waals surface area contributed by atoms with E-state index in [1.807, 2.05) is 19.1 Å². The minimum absolute atomic E-state index is 0.1000. The molecule has 0 aliphatic heterocycles. The summed E-state index contributed by atoms with van der Waals surface area (Å²) in [6.45, 7) is 8.25. The van der Waals surface area contributed by atoms with E-state index in [0.717, 1.165) is 27.9 Å². The van der Waals surface area contributed by atoms with E-state index in [1.165, 1.54) is 30.0 Å². The molecule has 0 saturated heterocycles. The summed E-state index contributed by atoms with van der Waals surface area (Å²) in [5.74, 6) is -0.185. The molecule has 226 valence electrons. The average molecular weight is 604 g/mol. The number of hydrogen-bond donors (Lipinski definition) is 2. The highest BCUT2D eigenvalue weighted by molar-refractivity contribution is 7.15. The number of nitrogens with zero attached hydrogens (tertiary/aromatic N) is 4. The van der Waals surface area contributed by atoms with Crippen molar-refractivity contribution < 1.29 is 23.1 Å². The van der Waals surface area contributed by atoms with Crippen molar-refractivity contribution in [2.75, 3.05) is 5.32 Å². The van der Waals surface area contributed by atoms with E-state index in [9.17, 15) is 27.9 Å². The van der Waals surface area contributed by atoms with Crippen molar-refractivity contribution in [2.24, 2.45) is 7.05 Å². The summed E-state index contributed by atoms with van der Waals surface area (Å²) in [5.41, 5.74) is 1.71. The number of alkyl halides is 3. The zero-order chi connectivity index (χ0) is 31.0. The van der Waals surface area contributed by atoms with Crippen LogP contribution in [0.5, 0.6) is 0 Å². The smallest absolute Gasteiger partial charge is 0.390 e. The number of aliphatic hydroxyl groups is 1. The van der Waals surface area contributed by atoms with Crippen LogP contribution in [0.15, 0.2) is 46.8 Å². The van der Waals surface area contributed by atoms with Gasteiger partial charge in [0.2, 0.25) is 5.95 Å². The van der Waals surface area contributed by atoms with Gasteiger partial charge in [0, 0.05) is 18.5 Å². The maximum Gasteiger partial charge on any atom is 0.406 e. The van der Waals surface area contributed by atoms with Crippen LogP contribution in [0.25, 0.3) is 27.6 Å². The van der Waals surface area contributed by atoms with Crippen LogP contribution in [-0.4, -0.2) is 41.5 Å². The standard InChI is InChI=1S/C30H36F3N5O3S/c1-7-18(8-2)14-19(9-3)24-10-11-25(42-24)26(39)35-27-34-20-15-22-23(16-21(20)37(27)13-12-29(4,5)41)38(17-30(31,32)33)28(40)36(22)6/h9-11,14-16,41H,7-8,12-13,17H2,1-6H3,(H,34,35,39)/b19-9+. The normalized spacial score (nSPS) is 12.9. The fraction of sp³-hybridized carbons (Fsp3) is 0.433. The van der Waals surface area contributed by atoms with Crippen LogP contribution in [0, 0.1) is 0 Å². The zero-order valence-corrected chi connectivity index (χ0v) is 25.4. The van der Waals surface area contributed by atoms with Gasteiger partial charge in [-0.1, -0.05) is 31.6 Å². The van der Waals surface area contributed by atoms with E-state index >= 15 is 0 Å². The molecule has 3 heterocycles. The minimum Gasteiger partial charge on any atom is -0.390 e. The first kappa shape index (κ1) is 31.3. The largest absolute Gasteiger partial charge is 0.406 e. The molecule has 1 aromatic carbocycles. The number of aromatic nitrogens is 4. The number of nitrogens with one attached hydrogen (secondary N) is 1. The number of carbonyl (C=O) groups is 1. The molecule has 0 radical (unpaired) electrons. The molecular weight excluding hydrogens is 567 g/mol. The van der Waals surface area contributed by atoms with E-state index in [2.05, 4.69) is 30.2 Å². The van der Waals surface area contributed by atoms with Crippen LogP contribution < -0.4 is 11.0 Å². The molecule has 3 aromatic heterocycles. The van der Waals surface area contributed by atoms with Crippen molar-refractivity contribution in [3.8, 4) is 0 Å². The first-order chi connectivity index (χ1) is 19.7. The van der Waals surface area contributed by atoms with Gasteiger partial charge in [0.15, 0.2) is 0 Å². The van der Waals surface area contributed by atoms with E-state index in [0.29, 0.717) is 20.5 Å². The van der Waals surface area contributed by atoms with E-state index in [4.69, 9.17) is 0 Å². The highest BCUT2D eigenvalue weighted by Crippen LogP contribution is 2.31. The van der Waals surface area contributed by atoms with Gasteiger partial charge in [0.05, 0.1) is 32.5 Å². The number of amides is 1. The van der Waals surface area contributed by atoms with Gasteiger partial charge in [-0.2, -0.15) is 13.2 Å².